The van der Waals surface area contributed by atoms with Crippen LogP contribution in [0.5, 0.6) is 0 Å². The van der Waals surface area contributed by atoms with Gasteiger partial charge in [0.2, 0.25) is 0 Å². The maximum Gasteiger partial charge on any atom is 0.484 e. The third kappa shape index (κ3) is 10.9. The molecule has 1 rings (SSSR count). The van der Waals surface area contributed by atoms with Gasteiger partial charge >= 0.3 is 9.53 Å². The number of nitrogens with zero attached hydrogens (tertiary/aromatic N) is 1. The molecule has 0 amide bonds. The van der Waals surface area contributed by atoms with E-state index >= 15 is 0 Å². The zero-order chi connectivity index (χ0) is 12.9. The lowest BCUT2D eigenvalue weighted by Gasteiger charge is -2.21. The molecule has 0 aromatic heterocycles. The first-order valence-electron chi connectivity index (χ1n) is 6.35. The quantitative estimate of drug-likeness (QED) is 0.663. The zero-order valence-corrected chi connectivity index (χ0v) is 12.8. The summed E-state index contributed by atoms with van der Waals surface area (Å²) in [6.45, 7) is 11.9. The highest BCUT2D eigenvalue weighted by atomic mass is 28.3. The lowest BCUT2D eigenvalue weighted by Crippen LogP contribution is -2.32. The van der Waals surface area contributed by atoms with Crippen LogP contribution in [-0.4, -0.2) is 67.6 Å². The van der Waals surface area contributed by atoms with Crippen LogP contribution in [0, 0.1) is 0 Å². The molecule has 0 aromatic rings. The van der Waals surface area contributed by atoms with Crippen LogP contribution in [0.1, 0.15) is 20.8 Å². The molecule has 6 heteroatoms. The molecule has 5 nitrogen and oxygen atoms in total. The van der Waals surface area contributed by atoms with Crippen molar-refractivity contribution in [3.05, 3.63) is 0 Å². The minimum atomic E-state index is -1.73. The fourth-order valence-corrected chi connectivity index (χ4v) is 2.31. The third-order valence-corrected chi connectivity index (χ3v) is 3.96. The molecule has 0 aromatic carbocycles. The van der Waals surface area contributed by atoms with Crippen molar-refractivity contribution in [2.24, 2.45) is 0 Å². The molecule has 0 N–H and O–H groups in total. The molecule has 1 aliphatic rings. The van der Waals surface area contributed by atoms with Gasteiger partial charge in [0, 0.05) is 32.9 Å². The van der Waals surface area contributed by atoms with Gasteiger partial charge in [0.05, 0.1) is 13.2 Å². The second-order valence-electron chi connectivity index (χ2n) is 3.57. The number of likely N-dealkylation sites (N-methyl/N-ethyl adjacent to an activating group) is 1. The molecule has 1 heterocycles. The molecule has 1 fully saturated rings. The summed E-state index contributed by atoms with van der Waals surface area (Å²) in [4.78, 5) is 2.27. The number of ether oxygens (including phenoxy) is 1. The van der Waals surface area contributed by atoms with Crippen LogP contribution >= 0.6 is 0 Å². The van der Waals surface area contributed by atoms with E-state index in [1.165, 1.54) is 0 Å². The highest BCUT2D eigenvalue weighted by Crippen LogP contribution is 1.91. The smallest absolute Gasteiger partial charge is 0.379 e. The maximum atomic E-state index is 5.22. The summed E-state index contributed by atoms with van der Waals surface area (Å²) in [5.74, 6) is 0. The van der Waals surface area contributed by atoms with Gasteiger partial charge in [-0.1, -0.05) is 0 Å². The average Bonchev–Trinajstić information content (AvgIpc) is 2.32. The van der Waals surface area contributed by atoms with Gasteiger partial charge in [-0.05, 0) is 27.8 Å². The molecule has 0 bridgehead atoms. The molecule has 0 aliphatic carbocycles. The van der Waals surface area contributed by atoms with Crippen LogP contribution in [-0.2, 0) is 18.0 Å². The summed E-state index contributed by atoms with van der Waals surface area (Å²) in [6.07, 6.45) is 0. The summed E-state index contributed by atoms with van der Waals surface area (Å²) in [7, 11) is 0.380. The molecular weight excluding hydrogens is 238 g/mol. The van der Waals surface area contributed by atoms with Crippen molar-refractivity contribution >= 4 is 9.53 Å². The fourth-order valence-electron chi connectivity index (χ4n) is 1.21. The molecule has 0 spiro atoms. The van der Waals surface area contributed by atoms with Crippen molar-refractivity contribution in [1.82, 2.24) is 4.90 Å². The van der Waals surface area contributed by atoms with Crippen LogP contribution in [0.15, 0.2) is 0 Å². The summed E-state index contributed by atoms with van der Waals surface area (Å²) >= 11 is 0. The van der Waals surface area contributed by atoms with E-state index in [1.807, 2.05) is 20.8 Å². The van der Waals surface area contributed by atoms with Gasteiger partial charge in [-0.3, -0.25) is 0 Å². The highest BCUT2D eigenvalue weighted by molar-refractivity contribution is 6.36. The van der Waals surface area contributed by atoms with Crippen LogP contribution in [0.4, 0.5) is 0 Å². The first-order valence-corrected chi connectivity index (χ1v) is 7.77. The second-order valence-corrected chi connectivity index (χ2v) is 5.15. The predicted octanol–water partition coefficient (Wildman–Crippen LogP) is 0.762. The number of rotatable bonds is 6. The van der Waals surface area contributed by atoms with Crippen LogP contribution < -0.4 is 0 Å². The topological polar surface area (TPSA) is 40.2 Å². The Labute approximate surface area is 107 Å². The van der Waals surface area contributed by atoms with Gasteiger partial charge in [-0.2, -0.15) is 0 Å². The molecule has 17 heavy (non-hydrogen) atoms. The van der Waals surface area contributed by atoms with Crippen LogP contribution in [0.25, 0.3) is 0 Å². The Kier molecular flexibility index (Phi) is 12.5. The monoisotopic (exact) mass is 265 g/mol. The van der Waals surface area contributed by atoms with E-state index in [0.29, 0.717) is 19.8 Å². The Morgan fingerprint density at radius 3 is 1.59 bits per heavy atom. The van der Waals surface area contributed by atoms with Crippen molar-refractivity contribution in [2.75, 3.05) is 53.2 Å². The Hall–Kier alpha value is 0.0169. The lowest BCUT2D eigenvalue weighted by molar-refractivity contribution is 0.0503. The first-order chi connectivity index (χ1) is 8.24. The first kappa shape index (κ1) is 17.0. The van der Waals surface area contributed by atoms with Gasteiger partial charge in [0.15, 0.2) is 0 Å². The standard InChI is InChI=1S/C6H16O3Si.C5H11NO/c1-4-7-10(8-5-2)9-6-3;1-6-2-4-7-5-3-6/h10H,4-6H2,1-3H3;2-5H2,1H3. The lowest BCUT2D eigenvalue weighted by atomic mass is 10.5. The van der Waals surface area contributed by atoms with Gasteiger partial charge in [-0.15, -0.1) is 0 Å². The predicted molar refractivity (Wildman–Crippen MR) is 70.3 cm³/mol. The van der Waals surface area contributed by atoms with E-state index in [-0.39, 0.29) is 0 Å². The summed E-state index contributed by atoms with van der Waals surface area (Å²) in [6, 6.07) is 0. The summed E-state index contributed by atoms with van der Waals surface area (Å²) < 4.78 is 20.7. The van der Waals surface area contributed by atoms with Crippen molar-refractivity contribution < 1.29 is 18.0 Å². The Balaban J connectivity index is 0.000000318. The fraction of sp³-hybridized carbons (Fsp3) is 1.00. The van der Waals surface area contributed by atoms with Crippen molar-refractivity contribution in [1.29, 1.82) is 0 Å². The van der Waals surface area contributed by atoms with Gasteiger partial charge in [-0.25, -0.2) is 0 Å². The molecule has 1 aliphatic heterocycles. The van der Waals surface area contributed by atoms with E-state index in [9.17, 15) is 0 Å². The van der Waals surface area contributed by atoms with E-state index in [1.54, 1.807) is 0 Å². The highest BCUT2D eigenvalue weighted by Gasteiger charge is 2.11. The summed E-state index contributed by atoms with van der Waals surface area (Å²) in [5.41, 5.74) is 0. The van der Waals surface area contributed by atoms with Crippen LogP contribution in [0.2, 0.25) is 0 Å². The van der Waals surface area contributed by atoms with E-state index < -0.39 is 9.53 Å². The molecule has 104 valence electrons. The zero-order valence-electron chi connectivity index (χ0n) is 11.6. The third-order valence-electron chi connectivity index (χ3n) is 2.14. The Bertz CT molecular complexity index is 142. The van der Waals surface area contributed by atoms with Crippen LogP contribution in [0.3, 0.4) is 0 Å². The number of morpholine rings is 1. The van der Waals surface area contributed by atoms with Gasteiger partial charge in [0.25, 0.3) is 0 Å². The largest absolute Gasteiger partial charge is 0.484 e. The van der Waals surface area contributed by atoms with Crippen molar-refractivity contribution in [2.45, 2.75) is 20.8 Å². The average molecular weight is 265 g/mol. The minimum absolute atomic E-state index is 0.677. The van der Waals surface area contributed by atoms with Crippen molar-refractivity contribution in [3.8, 4) is 0 Å². The second kappa shape index (κ2) is 12.5. The van der Waals surface area contributed by atoms with Gasteiger partial charge < -0.3 is 22.9 Å². The number of hydrogen-bond donors (Lipinski definition) is 0. The van der Waals surface area contributed by atoms with Crippen molar-refractivity contribution in [3.63, 3.8) is 0 Å². The molecular formula is C11H27NO4Si. The van der Waals surface area contributed by atoms with Gasteiger partial charge in [0.1, 0.15) is 0 Å². The maximum absolute atomic E-state index is 5.22. The molecule has 0 saturated carbocycles. The molecule has 0 unspecified atom stereocenters. The molecule has 0 atom stereocenters. The van der Waals surface area contributed by atoms with E-state index in [4.69, 9.17) is 18.0 Å². The Morgan fingerprint density at radius 2 is 1.35 bits per heavy atom. The Morgan fingerprint density at radius 1 is 0.941 bits per heavy atom. The SMILES string of the molecule is CCO[SiH](OCC)OCC.CN1CCOCC1. The molecule has 1 saturated heterocycles. The summed E-state index contributed by atoms with van der Waals surface area (Å²) in [5, 5.41) is 0. The minimum Gasteiger partial charge on any atom is -0.379 e. The number of hydrogen-bond acceptors (Lipinski definition) is 5. The van der Waals surface area contributed by atoms with E-state index in [2.05, 4.69) is 11.9 Å². The van der Waals surface area contributed by atoms with E-state index in [0.717, 1.165) is 26.3 Å². The normalized spacial score (nSPS) is 16.8. The molecule has 0 radical (unpaired) electrons.